The number of benzene rings is 2. The van der Waals surface area contributed by atoms with Crippen LogP contribution >= 0.6 is 11.6 Å². The summed E-state index contributed by atoms with van der Waals surface area (Å²) in [5.41, 5.74) is 3.55. The maximum absolute atomic E-state index is 13.4. The second kappa shape index (κ2) is 9.26. The summed E-state index contributed by atoms with van der Waals surface area (Å²) in [5.74, 6) is 0.151. The minimum atomic E-state index is -0.250. The Balaban J connectivity index is 1.49. The molecule has 2 N–H and O–H groups in total. The number of anilines is 1. The van der Waals surface area contributed by atoms with Gasteiger partial charge in [0.25, 0.3) is 11.8 Å². The second-order valence-electron chi connectivity index (χ2n) is 10.6. The van der Waals surface area contributed by atoms with E-state index in [-0.39, 0.29) is 17.2 Å². The Labute approximate surface area is 215 Å². The number of nitrogens with zero attached hydrogens (tertiary/aromatic N) is 4. The van der Waals surface area contributed by atoms with Crippen LogP contribution < -0.4 is 10.6 Å². The van der Waals surface area contributed by atoms with Gasteiger partial charge in [-0.1, -0.05) is 31.5 Å². The Bertz CT molecular complexity index is 1480. The van der Waals surface area contributed by atoms with Gasteiger partial charge in [-0.25, -0.2) is 4.98 Å². The number of amides is 2. The van der Waals surface area contributed by atoms with E-state index in [0.717, 1.165) is 34.9 Å². The molecular weight excluding hydrogens is 476 g/mol. The molecule has 4 aromatic rings. The summed E-state index contributed by atoms with van der Waals surface area (Å²) in [5, 5.41) is 7.55. The highest BCUT2D eigenvalue weighted by Gasteiger charge is 2.28. The van der Waals surface area contributed by atoms with Crippen molar-refractivity contribution in [3.8, 4) is 0 Å². The Morgan fingerprint density at radius 3 is 2.75 bits per heavy atom. The van der Waals surface area contributed by atoms with Gasteiger partial charge < -0.3 is 19.4 Å². The fourth-order valence-corrected chi connectivity index (χ4v) is 4.96. The standard InChI is InChI=1S/C27H31ClN6O2/c1-27(2)15-29-25(36)23-12-17-6-7-18(13-22(17)34(23)16-27)24(35)31-26-30-20-14-19(28)8-9-21(20)33(26)11-5-10-32(3)4/h6-9,12-14H,5,10-11,15-16H2,1-4H3,(H,29,36)(H,30,31,35). The van der Waals surface area contributed by atoms with Crippen LogP contribution in [0.15, 0.2) is 42.5 Å². The maximum Gasteiger partial charge on any atom is 0.267 e. The van der Waals surface area contributed by atoms with Crippen molar-refractivity contribution in [1.82, 2.24) is 24.3 Å². The second-order valence-corrected chi connectivity index (χ2v) is 11.0. The minimum Gasteiger partial charge on any atom is -0.350 e. The van der Waals surface area contributed by atoms with Gasteiger partial charge >= 0.3 is 0 Å². The van der Waals surface area contributed by atoms with Crippen LogP contribution in [-0.2, 0) is 13.1 Å². The van der Waals surface area contributed by atoms with Crippen LogP contribution in [0, 0.1) is 5.41 Å². The van der Waals surface area contributed by atoms with Gasteiger partial charge in [0.05, 0.1) is 11.0 Å². The molecule has 0 fully saturated rings. The molecule has 1 aliphatic heterocycles. The van der Waals surface area contributed by atoms with Gasteiger partial charge in [-0.05, 0) is 63.5 Å². The molecule has 3 heterocycles. The lowest BCUT2D eigenvalue weighted by Crippen LogP contribution is -2.31. The number of hydrogen-bond donors (Lipinski definition) is 2. The number of nitrogens with one attached hydrogen (secondary N) is 2. The highest BCUT2D eigenvalue weighted by Crippen LogP contribution is 2.29. The molecule has 5 rings (SSSR count). The smallest absolute Gasteiger partial charge is 0.267 e. The number of aromatic nitrogens is 3. The van der Waals surface area contributed by atoms with E-state index in [9.17, 15) is 9.59 Å². The van der Waals surface area contributed by atoms with Crippen molar-refractivity contribution >= 4 is 51.3 Å². The van der Waals surface area contributed by atoms with Crippen LogP contribution in [0.25, 0.3) is 21.9 Å². The maximum atomic E-state index is 13.4. The molecule has 2 aromatic heterocycles. The first-order valence-electron chi connectivity index (χ1n) is 12.1. The van der Waals surface area contributed by atoms with E-state index in [1.54, 1.807) is 6.07 Å². The number of rotatable bonds is 6. The molecule has 2 amide bonds. The molecule has 36 heavy (non-hydrogen) atoms. The van der Waals surface area contributed by atoms with Gasteiger partial charge in [-0.2, -0.15) is 0 Å². The van der Waals surface area contributed by atoms with Crippen molar-refractivity contribution in [2.24, 2.45) is 5.41 Å². The fraction of sp³-hybridized carbons (Fsp3) is 0.370. The first-order valence-corrected chi connectivity index (χ1v) is 12.5. The molecule has 0 aliphatic carbocycles. The predicted molar refractivity (Wildman–Crippen MR) is 144 cm³/mol. The lowest BCUT2D eigenvalue weighted by Gasteiger charge is -2.23. The summed E-state index contributed by atoms with van der Waals surface area (Å²) < 4.78 is 4.05. The van der Waals surface area contributed by atoms with E-state index < -0.39 is 0 Å². The normalized spacial score (nSPS) is 15.2. The van der Waals surface area contributed by atoms with Crippen molar-refractivity contribution in [1.29, 1.82) is 0 Å². The molecule has 0 unspecified atom stereocenters. The van der Waals surface area contributed by atoms with Crippen molar-refractivity contribution in [3.05, 3.63) is 58.7 Å². The topological polar surface area (TPSA) is 84.2 Å². The van der Waals surface area contributed by atoms with Crippen LogP contribution in [0.5, 0.6) is 0 Å². The molecule has 1 aliphatic rings. The average molecular weight is 507 g/mol. The highest BCUT2D eigenvalue weighted by atomic mass is 35.5. The molecule has 0 saturated carbocycles. The van der Waals surface area contributed by atoms with E-state index in [4.69, 9.17) is 11.6 Å². The summed E-state index contributed by atoms with van der Waals surface area (Å²) in [4.78, 5) is 32.9. The molecule has 2 aromatic carbocycles. The van der Waals surface area contributed by atoms with Crippen LogP contribution in [0.3, 0.4) is 0 Å². The zero-order valence-corrected chi connectivity index (χ0v) is 21.8. The number of halogens is 1. The molecule has 9 heteroatoms. The van der Waals surface area contributed by atoms with Crippen molar-refractivity contribution in [2.45, 2.75) is 33.4 Å². The van der Waals surface area contributed by atoms with Gasteiger partial charge in [0.2, 0.25) is 5.95 Å². The van der Waals surface area contributed by atoms with Crippen molar-refractivity contribution < 1.29 is 9.59 Å². The van der Waals surface area contributed by atoms with Gasteiger partial charge in [0, 0.05) is 46.5 Å². The largest absolute Gasteiger partial charge is 0.350 e. The number of carbonyl (C=O) groups excluding carboxylic acids is 2. The number of imidazole rings is 1. The first kappa shape index (κ1) is 24.3. The monoisotopic (exact) mass is 506 g/mol. The zero-order chi connectivity index (χ0) is 25.6. The molecule has 188 valence electrons. The van der Waals surface area contributed by atoms with Crippen LogP contribution in [-0.4, -0.2) is 58.0 Å². The van der Waals surface area contributed by atoms with E-state index in [1.807, 2.05) is 59.6 Å². The lowest BCUT2D eigenvalue weighted by atomic mass is 9.93. The van der Waals surface area contributed by atoms with E-state index in [1.165, 1.54) is 0 Å². The minimum absolute atomic E-state index is 0.0899. The van der Waals surface area contributed by atoms with Crippen LogP contribution in [0.2, 0.25) is 5.02 Å². The molecular formula is C27H31ClN6O2. The van der Waals surface area contributed by atoms with Crippen molar-refractivity contribution in [3.63, 3.8) is 0 Å². The lowest BCUT2D eigenvalue weighted by molar-refractivity contribution is 0.0942. The number of hydrogen-bond acceptors (Lipinski definition) is 4. The number of aryl methyl sites for hydroxylation is 1. The summed E-state index contributed by atoms with van der Waals surface area (Å²) >= 11 is 6.20. The van der Waals surface area contributed by atoms with E-state index >= 15 is 0 Å². The van der Waals surface area contributed by atoms with Gasteiger partial charge in [-0.15, -0.1) is 0 Å². The SMILES string of the molecule is CN(C)CCCn1c(NC(=O)c2ccc3cc4n(c3c2)CC(C)(C)CNC4=O)nc2cc(Cl)ccc21. The molecule has 0 atom stereocenters. The number of carbonyl (C=O) groups is 2. The summed E-state index contributed by atoms with van der Waals surface area (Å²) in [6, 6.07) is 13.0. The van der Waals surface area contributed by atoms with E-state index in [2.05, 4.69) is 34.4 Å². The van der Waals surface area contributed by atoms with Gasteiger partial charge in [0.1, 0.15) is 5.69 Å². The highest BCUT2D eigenvalue weighted by molar-refractivity contribution is 6.31. The van der Waals surface area contributed by atoms with E-state index in [0.29, 0.717) is 41.9 Å². The third-order valence-electron chi connectivity index (χ3n) is 6.64. The quantitative estimate of drug-likeness (QED) is 0.399. The molecule has 0 bridgehead atoms. The Morgan fingerprint density at radius 2 is 1.97 bits per heavy atom. The summed E-state index contributed by atoms with van der Waals surface area (Å²) in [6.45, 7) is 7.15. The third-order valence-corrected chi connectivity index (χ3v) is 6.87. The molecule has 8 nitrogen and oxygen atoms in total. The fourth-order valence-electron chi connectivity index (χ4n) is 4.79. The molecule has 0 saturated heterocycles. The summed E-state index contributed by atoms with van der Waals surface area (Å²) in [7, 11) is 4.08. The Hall–Kier alpha value is -3.36. The molecule has 0 radical (unpaired) electrons. The predicted octanol–water partition coefficient (Wildman–Crippen LogP) is 4.62. The Morgan fingerprint density at radius 1 is 1.17 bits per heavy atom. The van der Waals surface area contributed by atoms with Crippen LogP contribution in [0.1, 0.15) is 41.1 Å². The van der Waals surface area contributed by atoms with Crippen molar-refractivity contribution in [2.75, 3.05) is 32.5 Å². The number of fused-ring (bicyclic) bond motifs is 4. The average Bonchev–Trinajstić information content (AvgIpc) is 3.30. The first-order chi connectivity index (χ1) is 17.1. The Kier molecular flexibility index (Phi) is 6.26. The van der Waals surface area contributed by atoms with Gasteiger partial charge in [0.15, 0.2) is 0 Å². The third kappa shape index (κ3) is 4.70. The molecule has 0 spiro atoms. The van der Waals surface area contributed by atoms with Gasteiger partial charge in [-0.3, -0.25) is 14.9 Å². The summed E-state index contributed by atoms with van der Waals surface area (Å²) in [6.07, 6.45) is 0.907. The zero-order valence-electron chi connectivity index (χ0n) is 21.1. The van der Waals surface area contributed by atoms with Crippen LogP contribution in [0.4, 0.5) is 5.95 Å².